The summed E-state index contributed by atoms with van der Waals surface area (Å²) in [7, 11) is 0. The van der Waals surface area contributed by atoms with Crippen molar-refractivity contribution in [1.29, 1.82) is 0 Å². The molecule has 2 aromatic carbocycles. The third-order valence-electron chi connectivity index (χ3n) is 4.24. The third kappa shape index (κ3) is 3.87. The maximum absolute atomic E-state index is 12.3. The molecule has 1 heterocycles. The van der Waals surface area contributed by atoms with E-state index in [1.54, 1.807) is 4.90 Å². The van der Waals surface area contributed by atoms with Gasteiger partial charge >= 0.3 is 5.97 Å². The molecule has 0 aromatic heterocycles. The van der Waals surface area contributed by atoms with Crippen LogP contribution in [0.15, 0.2) is 40.9 Å². The van der Waals surface area contributed by atoms with Crippen molar-refractivity contribution in [3.8, 4) is 5.75 Å². The second-order valence-electron chi connectivity index (χ2n) is 5.92. The van der Waals surface area contributed by atoms with Crippen LogP contribution in [0.2, 0.25) is 0 Å². The maximum atomic E-state index is 12.3. The lowest BCUT2D eigenvalue weighted by Crippen LogP contribution is -2.39. The summed E-state index contributed by atoms with van der Waals surface area (Å²) in [6.45, 7) is 0.532. The Morgan fingerprint density at radius 3 is 2.75 bits per heavy atom. The number of carboxylic acids is 1. The first-order chi connectivity index (χ1) is 11.5. The molecule has 126 valence electrons. The molecule has 0 radical (unpaired) electrons. The number of carboxylic acid groups (broad SMARTS) is 1. The molecular weight excluding hydrogens is 374 g/mol. The summed E-state index contributed by atoms with van der Waals surface area (Å²) >= 11 is 3.44. The van der Waals surface area contributed by atoms with Gasteiger partial charge in [-0.25, -0.2) is 0 Å². The first-order valence-electron chi connectivity index (χ1n) is 7.86. The Bertz CT molecular complexity index is 777. The van der Waals surface area contributed by atoms with Crippen LogP contribution < -0.4 is 4.74 Å². The van der Waals surface area contributed by atoms with E-state index in [1.807, 2.05) is 36.4 Å². The van der Waals surface area contributed by atoms with Gasteiger partial charge in [-0.3, -0.25) is 9.59 Å². The summed E-state index contributed by atoms with van der Waals surface area (Å²) in [4.78, 5) is 24.8. The van der Waals surface area contributed by atoms with Gasteiger partial charge in [0.15, 0.2) is 6.61 Å². The Balaban J connectivity index is 1.63. The highest BCUT2D eigenvalue weighted by Crippen LogP contribution is 2.25. The van der Waals surface area contributed by atoms with Crippen LogP contribution in [0.5, 0.6) is 5.75 Å². The van der Waals surface area contributed by atoms with Crippen LogP contribution in [0.4, 0.5) is 0 Å². The molecule has 1 N–H and O–H groups in total. The molecule has 0 spiro atoms. The lowest BCUT2D eigenvalue weighted by atomic mass is 10.1. The van der Waals surface area contributed by atoms with E-state index in [0.29, 0.717) is 12.3 Å². The van der Waals surface area contributed by atoms with Crippen LogP contribution in [-0.2, 0) is 9.59 Å². The molecular formula is C18H18BrNO4. The summed E-state index contributed by atoms with van der Waals surface area (Å²) in [5.41, 5.74) is 0. The second kappa shape index (κ2) is 7.21. The minimum absolute atomic E-state index is 0.00338. The van der Waals surface area contributed by atoms with E-state index in [0.717, 1.165) is 28.1 Å². The fraction of sp³-hybridized carbons (Fsp3) is 0.333. The van der Waals surface area contributed by atoms with Crippen molar-refractivity contribution in [3.05, 3.63) is 40.9 Å². The van der Waals surface area contributed by atoms with Crippen molar-refractivity contribution in [2.75, 3.05) is 13.2 Å². The molecule has 1 fully saturated rings. The second-order valence-corrected chi connectivity index (χ2v) is 6.84. The number of likely N-dealkylation sites (tertiary alicyclic amines) is 1. The first-order valence-corrected chi connectivity index (χ1v) is 8.65. The Morgan fingerprint density at radius 1 is 1.21 bits per heavy atom. The average molecular weight is 392 g/mol. The summed E-state index contributed by atoms with van der Waals surface area (Å²) < 4.78 is 6.63. The van der Waals surface area contributed by atoms with E-state index in [1.165, 1.54) is 0 Å². The summed E-state index contributed by atoms with van der Waals surface area (Å²) in [5.74, 6) is -0.400. The monoisotopic (exact) mass is 391 g/mol. The van der Waals surface area contributed by atoms with Gasteiger partial charge < -0.3 is 14.7 Å². The van der Waals surface area contributed by atoms with E-state index in [-0.39, 0.29) is 25.0 Å². The molecule has 0 aliphatic carbocycles. The van der Waals surface area contributed by atoms with Crippen molar-refractivity contribution in [1.82, 2.24) is 4.90 Å². The minimum atomic E-state index is -0.874. The SMILES string of the molecule is O=C(O)CC1CCCN1C(=O)COc1ccc2cc(Br)ccc2c1. The standard InChI is InChI=1S/C18H18BrNO4/c19-14-5-3-13-9-16(6-4-12(13)8-14)24-11-17(21)20-7-1-2-15(20)10-18(22)23/h3-6,8-9,15H,1-2,7,10-11H2,(H,22,23). The van der Waals surface area contributed by atoms with Crippen molar-refractivity contribution in [2.24, 2.45) is 0 Å². The van der Waals surface area contributed by atoms with Gasteiger partial charge in [-0.15, -0.1) is 0 Å². The van der Waals surface area contributed by atoms with E-state index in [9.17, 15) is 9.59 Å². The Kier molecular flexibility index (Phi) is 5.04. The Labute approximate surface area is 148 Å². The number of hydrogen-bond acceptors (Lipinski definition) is 3. The largest absolute Gasteiger partial charge is 0.484 e. The van der Waals surface area contributed by atoms with Crippen LogP contribution in [0.1, 0.15) is 19.3 Å². The fourth-order valence-electron chi connectivity index (χ4n) is 3.09. The fourth-order valence-corrected chi connectivity index (χ4v) is 3.47. The van der Waals surface area contributed by atoms with Gasteiger partial charge in [0.05, 0.1) is 6.42 Å². The third-order valence-corrected chi connectivity index (χ3v) is 4.74. The van der Waals surface area contributed by atoms with Gasteiger partial charge in [0.2, 0.25) is 0 Å². The molecule has 6 heteroatoms. The molecule has 5 nitrogen and oxygen atoms in total. The number of carbonyl (C=O) groups is 2. The predicted octanol–water partition coefficient (Wildman–Crippen LogP) is 3.45. The van der Waals surface area contributed by atoms with Gasteiger partial charge in [0.25, 0.3) is 5.91 Å². The molecule has 2 aromatic rings. The van der Waals surface area contributed by atoms with Crippen molar-refractivity contribution in [2.45, 2.75) is 25.3 Å². The molecule has 0 bridgehead atoms. The van der Waals surface area contributed by atoms with Crippen molar-refractivity contribution < 1.29 is 19.4 Å². The summed E-state index contributed by atoms with van der Waals surface area (Å²) in [6.07, 6.45) is 1.58. The number of benzene rings is 2. The lowest BCUT2D eigenvalue weighted by Gasteiger charge is -2.23. The van der Waals surface area contributed by atoms with Crippen LogP contribution in [0.25, 0.3) is 10.8 Å². The van der Waals surface area contributed by atoms with Crippen LogP contribution in [0.3, 0.4) is 0 Å². The quantitative estimate of drug-likeness (QED) is 0.847. The van der Waals surface area contributed by atoms with E-state index >= 15 is 0 Å². The molecule has 24 heavy (non-hydrogen) atoms. The number of hydrogen-bond donors (Lipinski definition) is 1. The van der Waals surface area contributed by atoms with E-state index < -0.39 is 5.97 Å². The number of carbonyl (C=O) groups excluding carboxylic acids is 1. The Morgan fingerprint density at radius 2 is 1.96 bits per heavy atom. The van der Waals surface area contributed by atoms with Crippen LogP contribution in [-0.4, -0.2) is 41.1 Å². The molecule has 1 saturated heterocycles. The van der Waals surface area contributed by atoms with E-state index in [4.69, 9.17) is 9.84 Å². The highest BCUT2D eigenvalue weighted by Gasteiger charge is 2.30. The number of halogens is 1. The Hall–Kier alpha value is -2.08. The average Bonchev–Trinajstić information content (AvgIpc) is 3.00. The van der Waals surface area contributed by atoms with Crippen LogP contribution >= 0.6 is 15.9 Å². The van der Waals surface area contributed by atoms with Gasteiger partial charge in [-0.2, -0.15) is 0 Å². The number of nitrogens with zero attached hydrogens (tertiary/aromatic N) is 1. The predicted molar refractivity (Wildman–Crippen MR) is 94.1 cm³/mol. The normalized spacial score (nSPS) is 17.2. The first kappa shape index (κ1) is 16.8. The van der Waals surface area contributed by atoms with Gasteiger partial charge in [0.1, 0.15) is 5.75 Å². The number of rotatable bonds is 5. The highest BCUT2D eigenvalue weighted by atomic mass is 79.9. The molecule has 1 amide bonds. The molecule has 3 rings (SSSR count). The van der Waals surface area contributed by atoms with Crippen molar-refractivity contribution >= 4 is 38.6 Å². The number of fused-ring (bicyclic) bond motifs is 1. The van der Waals surface area contributed by atoms with Gasteiger partial charge in [-0.1, -0.05) is 28.1 Å². The van der Waals surface area contributed by atoms with Gasteiger partial charge in [0, 0.05) is 17.1 Å². The molecule has 1 atom stereocenters. The topological polar surface area (TPSA) is 66.8 Å². The highest BCUT2D eigenvalue weighted by molar-refractivity contribution is 9.10. The summed E-state index contributed by atoms with van der Waals surface area (Å²) in [6, 6.07) is 11.4. The smallest absolute Gasteiger partial charge is 0.305 e. The molecule has 1 unspecified atom stereocenters. The lowest BCUT2D eigenvalue weighted by molar-refractivity contribution is -0.140. The zero-order chi connectivity index (χ0) is 17.1. The number of ether oxygens (including phenoxy) is 1. The van der Waals surface area contributed by atoms with Crippen molar-refractivity contribution in [3.63, 3.8) is 0 Å². The summed E-state index contributed by atoms with van der Waals surface area (Å²) in [5, 5.41) is 11.1. The zero-order valence-corrected chi connectivity index (χ0v) is 14.7. The van der Waals surface area contributed by atoms with E-state index in [2.05, 4.69) is 15.9 Å². The number of aliphatic carboxylic acids is 1. The molecule has 1 aliphatic rings. The van der Waals surface area contributed by atoms with Crippen LogP contribution in [0, 0.1) is 0 Å². The molecule has 1 aliphatic heterocycles. The number of amides is 1. The maximum Gasteiger partial charge on any atom is 0.305 e. The molecule has 0 saturated carbocycles. The minimum Gasteiger partial charge on any atom is -0.484 e. The zero-order valence-electron chi connectivity index (χ0n) is 13.1. The van der Waals surface area contributed by atoms with Gasteiger partial charge in [-0.05, 0) is 47.9 Å².